The number of nitrogens with zero attached hydrogens (tertiary/aromatic N) is 2. The number of hydrogen-bond donors (Lipinski definition) is 2. The van der Waals surface area contributed by atoms with E-state index in [2.05, 4.69) is 15.3 Å². The van der Waals surface area contributed by atoms with Crippen LogP contribution in [0.15, 0.2) is 77.7 Å². The largest absolute Gasteiger partial charge is 0.329 e. The lowest BCUT2D eigenvalue weighted by Gasteiger charge is -2.10. The molecule has 0 aliphatic carbocycles. The van der Waals surface area contributed by atoms with E-state index in [1.807, 2.05) is 59.2 Å². The number of anilines is 1. The first kappa shape index (κ1) is 14.9. The minimum absolute atomic E-state index is 0.274. The van der Waals surface area contributed by atoms with Gasteiger partial charge in [-0.15, -0.1) is 0 Å². The molecule has 6 heteroatoms. The van der Waals surface area contributed by atoms with Crippen molar-refractivity contribution in [3.8, 4) is 5.69 Å². The Balaban J connectivity index is 1.82. The number of carbonyl (C=O) groups excluding carboxylic acids is 1. The molecule has 0 aliphatic rings. The number of imidazole rings is 1. The van der Waals surface area contributed by atoms with Gasteiger partial charge in [-0.3, -0.25) is 19.5 Å². The van der Waals surface area contributed by atoms with Crippen molar-refractivity contribution >= 4 is 22.9 Å². The number of fused-ring (bicyclic) bond motifs is 1. The van der Waals surface area contributed by atoms with Crippen LogP contribution in [0.4, 0.5) is 5.95 Å². The monoisotopic (exact) mass is 330 g/mol. The van der Waals surface area contributed by atoms with Crippen molar-refractivity contribution in [3.63, 3.8) is 0 Å². The van der Waals surface area contributed by atoms with Gasteiger partial charge >= 0.3 is 0 Å². The summed E-state index contributed by atoms with van der Waals surface area (Å²) >= 11 is 0. The minimum Gasteiger partial charge on any atom is -0.329 e. The molecule has 25 heavy (non-hydrogen) atoms. The Morgan fingerprint density at radius 3 is 2.56 bits per heavy atom. The van der Waals surface area contributed by atoms with Crippen molar-refractivity contribution in [1.82, 2.24) is 14.5 Å². The van der Waals surface area contributed by atoms with Gasteiger partial charge in [0.05, 0.1) is 11.0 Å². The first-order valence-corrected chi connectivity index (χ1v) is 7.75. The van der Waals surface area contributed by atoms with E-state index < -0.39 is 5.91 Å². The normalized spacial score (nSPS) is 10.7. The zero-order chi connectivity index (χ0) is 17.2. The maximum atomic E-state index is 12.5. The van der Waals surface area contributed by atoms with Gasteiger partial charge in [0, 0.05) is 23.5 Å². The fourth-order valence-electron chi connectivity index (χ4n) is 2.71. The molecular weight excluding hydrogens is 316 g/mol. The molecule has 2 heterocycles. The van der Waals surface area contributed by atoms with E-state index in [-0.39, 0.29) is 11.1 Å². The molecule has 2 aromatic heterocycles. The Bertz CT molecular complexity index is 1110. The zero-order valence-electron chi connectivity index (χ0n) is 13.1. The minimum atomic E-state index is -0.390. The van der Waals surface area contributed by atoms with Crippen molar-refractivity contribution in [2.75, 3.05) is 5.32 Å². The molecule has 1 amide bonds. The van der Waals surface area contributed by atoms with E-state index in [4.69, 9.17) is 0 Å². The van der Waals surface area contributed by atoms with Crippen LogP contribution in [-0.4, -0.2) is 20.4 Å². The van der Waals surface area contributed by atoms with Gasteiger partial charge < -0.3 is 4.98 Å². The van der Waals surface area contributed by atoms with Crippen molar-refractivity contribution < 1.29 is 4.79 Å². The lowest BCUT2D eigenvalue weighted by atomic mass is 10.2. The highest BCUT2D eigenvalue weighted by Crippen LogP contribution is 2.24. The van der Waals surface area contributed by atoms with Gasteiger partial charge in [0.2, 0.25) is 11.5 Å². The van der Waals surface area contributed by atoms with Gasteiger partial charge in [-0.05, 0) is 30.3 Å². The SMILES string of the molecule is O=C(Nc1nc2ccccc2n1-c1ccccc1)c1cc[nH]c(=O)c1. The maximum Gasteiger partial charge on any atom is 0.258 e. The van der Waals surface area contributed by atoms with E-state index in [1.165, 1.54) is 12.3 Å². The van der Waals surface area contributed by atoms with Crippen molar-refractivity contribution in [2.45, 2.75) is 0 Å². The Morgan fingerprint density at radius 1 is 1.00 bits per heavy atom. The lowest BCUT2D eigenvalue weighted by molar-refractivity contribution is 0.102. The molecule has 0 saturated heterocycles. The number of carbonyl (C=O) groups is 1. The van der Waals surface area contributed by atoms with Gasteiger partial charge in [-0.2, -0.15) is 0 Å². The molecule has 4 rings (SSSR count). The molecule has 2 N–H and O–H groups in total. The van der Waals surface area contributed by atoms with E-state index >= 15 is 0 Å². The summed E-state index contributed by atoms with van der Waals surface area (Å²) in [5.74, 6) is 0.0104. The average Bonchev–Trinajstić information content (AvgIpc) is 3.00. The Kier molecular flexibility index (Phi) is 3.63. The Labute approximate surface area is 142 Å². The van der Waals surface area contributed by atoms with Crippen LogP contribution in [-0.2, 0) is 0 Å². The predicted molar refractivity (Wildman–Crippen MR) is 96.1 cm³/mol. The molecule has 122 valence electrons. The highest BCUT2D eigenvalue weighted by molar-refractivity contribution is 6.04. The summed E-state index contributed by atoms with van der Waals surface area (Å²) in [6.07, 6.45) is 1.44. The number of hydrogen-bond acceptors (Lipinski definition) is 3. The van der Waals surface area contributed by atoms with Crippen LogP contribution < -0.4 is 10.9 Å². The lowest BCUT2D eigenvalue weighted by Crippen LogP contribution is -2.18. The quantitative estimate of drug-likeness (QED) is 0.606. The van der Waals surface area contributed by atoms with Crippen molar-refractivity contribution in [2.24, 2.45) is 0 Å². The molecule has 4 aromatic rings. The number of aromatic amines is 1. The van der Waals surface area contributed by atoms with Gasteiger partial charge in [-0.25, -0.2) is 4.98 Å². The van der Waals surface area contributed by atoms with Crippen LogP contribution in [0, 0.1) is 0 Å². The molecule has 0 saturated carbocycles. The highest BCUT2D eigenvalue weighted by Gasteiger charge is 2.15. The van der Waals surface area contributed by atoms with Gasteiger partial charge in [0.1, 0.15) is 0 Å². The zero-order valence-corrected chi connectivity index (χ0v) is 13.1. The second kappa shape index (κ2) is 6.09. The van der Waals surface area contributed by atoms with E-state index in [9.17, 15) is 9.59 Å². The summed E-state index contributed by atoms with van der Waals surface area (Å²) in [4.78, 5) is 30.9. The van der Waals surface area contributed by atoms with Crippen LogP contribution in [0.5, 0.6) is 0 Å². The number of pyridine rings is 1. The second-order valence-corrected chi connectivity index (χ2v) is 5.49. The average molecular weight is 330 g/mol. The third-order valence-electron chi connectivity index (χ3n) is 3.84. The smallest absolute Gasteiger partial charge is 0.258 e. The summed E-state index contributed by atoms with van der Waals surface area (Å²) in [7, 11) is 0. The third kappa shape index (κ3) is 2.81. The summed E-state index contributed by atoms with van der Waals surface area (Å²) in [6.45, 7) is 0. The first-order chi connectivity index (χ1) is 12.2. The van der Waals surface area contributed by atoms with Gasteiger partial charge in [-0.1, -0.05) is 30.3 Å². The third-order valence-corrected chi connectivity index (χ3v) is 3.84. The Hall–Kier alpha value is -3.67. The fraction of sp³-hybridized carbons (Fsp3) is 0. The van der Waals surface area contributed by atoms with Gasteiger partial charge in [0.15, 0.2) is 0 Å². The van der Waals surface area contributed by atoms with Crippen LogP contribution in [0.1, 0.15) is 10.4 Å². The molecule has 0 unspecified atom stereocenters. The van der Waals surface area contributed by atoms with Gasteiger partial charge in [0.25, 0.3) is 5.91 Å². The standard InChI is InChI=1S/C19H14N4O2/c24-17-12-13(10-11-20-17)18(25)22-19-21-15-8-4-5-9-16(15)23(19)14-6-2-1-3-7-14/h1-12H,(H,20,24)(H,21,22,25). The predicted octanol–water partition coefficient (Wildman–Crippen LogP) is 2.97. The summed E-state index contributed by atoms with van der Waals surface area (Å²) < 4.78 is 1.88. The van der Waals surface area contributed by atoms with E-state index in [0.29, 0.717) is 5.95 Å². The van der Waals surface area contributed by atoms with Crippen molar-refractivity contribution in [3.05, 3.63) is 88.8 Å². The number of aromatic nitrogens is 3. The molecular formula is C19H14N4O2. The molecule has 2 aromatic carbocycles. The fourth-order valence-corrected chi connectivity index (χ4v) is 2.71. The van der Waals surface area contributed by atoms with E-state index in [1.54, 1.807) is 6.07 Å². The summed E-state index contributed by atoms with van der Waals surface area (Å²) in [5, 5.41) is 2.80. The number of benzene rings is 2. The summed E-state index contributed by atoms with van der Waals surface area (Å²) in [5.41, 5.74) is 2.49. The van der Waals surface area contributed by atoms with Crippen LogP contribution in [0.25, 0.3) is 16.7 Å². The van der Waals surface area contributed by atoms with Crippen LogP contribution in [0.3, 0.4) is 0 Å². The number of amides is 1. The number of H-pyrrole nitrogens is 1. The molecule has 0 radical (unpaired) electrons. The second-order valence-electron chi connectivity index (χ2n) is 5.49. The topological polar surface area (TPSA) is 79.8 Å². The molecule has 0 fully saturated rings. The summed E-state index contributed by atoms with van der Waals surface area (Å²) in [6, 6.07) is 20.1. The molecule has 0 atom stereocenters. The Morgan fingerprint density at radius 2 is 1.76 bits per heavy atom. The highest BCUT2D eigenvalue weighted by atomic mass is 16.2. The molecule has 0 bridgehead atoms. The van der Waals surface area contributed by atoms with Crippen molar-refractivity contribution in [1.29, 1.82) is 0 Å². The maximum absolute atomic E-state index is 12.5. The van der Waals surface area contributed by atoms with E-state index in [0.717, 1.165) is 16.7 Å². The first-order valence-electron chi connectivity index (χ1n) is 7.75. The number of para-hydroxylation sites is 3. The molecule has 0 aliphatic heterocycles. The molecule has 0 spiro atoms. The van der Waals surface area contributed by atoms with Crippen LogP contribution in [0.2, 0.25) is 0 Å². The van der Waals surface area contributed by atoms with Crippen LogP contribution >= 0.6 is 0 Å². The number of nitrogens with one attached hydrogen (secondary N) is 2. The molecule has 6 nitrogen and oxygen atoms in total. The number of rotatable bonds is 3.